The average molecular weight is 333 g/mol. The van der Waals surface area contributed by atoms with Gasteiger partial charge in [0.1, 0.15) is 0 Å². The Balaban J connectivity index is 1.78. The van der Waals surface area contributed by atoms with E-state index >= 15 is 0 Å². The lowest BCUT2D eigenvalue weighted by Crippen LogP contribution is -2.46. The summed E-state index contributed by atoms with van der Waals surface area (Å²) in [5.74, 6) is -0.167. The van der Waals surface area contributed by atoms with Gasteiger partial charge in [0.15, 0.2) is 0 Å². The molecular formula is C14H27N3O4S. The Morgan fingerprint density at radius 2 is 2.00 bits per heavy atom. The molecule has 128 valence electrons. The van der Waals surface area contributed by atoms with Crippen molar-refractivity contribution in [2.75, 3.05) is 45.6 Å². The van der Waals surface area contributed by atoms with Crippen molar-refractivity contribution in [3.05, 3.63) is 0 Å². The van der Waals surface area contributed by atoms with Crippen LogP contribution in [0.4, 0.5) is 0 Å². The van der Waals surface area contributed by atoms with Gasteiger partial charge in [0.2, 0.25) is 15.9 Å². The topological polar surface area (TPSA) is 92.9 Å². The second kappa shape index (κ2) is 7.72. The second-order valence-electron chi connectivity index (χ2n) is 6.36. The normalized spacial score (nSPS) is 25.1. The van der Waals surface area contributed by atoms with Crippen molar-refractivity contribution in [3.63, 3.8) is 0 Å². The number of carbonyl (C=O) groups excluding carboxylic acids is 1. The molecule has 0 saturated carbocycles. The van der Waals surface area contributed by atoms with Crippen LogP contribution < -0.4 is 5.14 Å². The Bertz CT molecular complexity index is 474. The predicted octanol–water partition coefficient (Wildman–Crippen LogP) is -0.376. The number of nitrogens with two attached hydrogens (primary N) is 1. The van der Waals surface area contributed by atoms with Crippen LogP contribution in [0, 0.1) is 5.92 Å². The minimum atomic E-state index is -3.51. The van der Waals surface area contributed by atoms with Gasteiger partial charge in [0.25, 0.3) is 0 Å². The third kappa shape index (κ3) is 5.19. The van der Waals surface area contributed by atoms with Crippen molar-refractivity contribution in [2.45, 2.75) is 31.7 Å². The number of sulfonamides is 1. The van der Waals surface area contributed by atoms with Crippen LogP contribution in [-0.4, -0.2) is 75.8 Å². The highest BCUT2D eigenvalue weighted by Gasteiger charge is 2.36. The van der Waals surface area contributed by atoms with Crippen molar-refractivity contribution in [1.82, 2.24) is 9.80 Å². The number of hydrogen-bond donors (Lipinski definition) is 1. The molecule has 1 unspecified atom stereocenters. The predicted molar refractivity (Wildman–Crippen MR) is 83.7 cm³/mol. The van der Waals surface area contributed by atoms with Crippen molar-refractivity contribution in [3.8, 4) is 0 Å². The third-order valence-corrected chi connectivity index (χ3v) is 5.46. The lowest BCUT2D eigenvalue weighted by atomic mass is 10.0. The molecule has 0 aliphatic carbocycles. The molecule has 0 aromatic rings. The number of ether oxygens (including phenoxy) is 1. The first kappa shape index (κ1) is 17.7. The van der Waals surface area contributed by atoms with E-state index in [1.807, 2.05) is 4.90 Å². The molecule has 7 nitrogen and oxygen atoms in total. The van der Waals surface area contributed by atoms with Gasteiger partial charge in [0, 0.05) is 58.3 Å². The Labute approximate surface area is 132 Å². The minimum absolute atomic E-state index is 0.0754. The van der Waals surface area contributed by atoms with Crippen LogP contribution in [0.25, 0.3) is 0 Å². The number of piperidine rings is 1. The molecule has 8 heteroatoms. The van der Waals surface area contributed by atoms with Gasteiger partial charge in [-0.05, 0) is 19.3 Å². The summed E-state index contributed by atoms with van der Waals surface area (Å²) >= 11 is 0. The van der Waals surface area contributed by atoms with Gasteiger partial charge in [-0.2, -0.15) is 0 Å². The summed E-state index contributed by atoms with van der Waals surface area (Å²) in [4.78, 5) is 16.4. The zero-order valence-electron chi connectivity index (χ0n) is 13.2. The van der Waals surface area contributed by atoms with Crippen LogP contribution in [0.2, 0.25) is 0 Å². The fourth-order valence-electron chi connectivity index (χ4n) is 3.49. The SMILES string of the molecule is COCCCN1CCC(N2CC(CS(N)(=O)=O)CC2=O)CC1. The molecule has 1 amide bonds. The lowest BCUT2D eigenvalue weighted by molar-refractivity contribution is -0.130. The molecule has 2 N–H and O–H groups in total. The summed E-state index contributed by atoms with van der Waals surface area (Å²) in [6, 6.07) is 0.247. The maximum absolute atomic E-state index is 12.1. The van der Waals surface area contributed by atoms with Gasteiger partial charge in [-0.1, -0.05) is 0 Å². The van der Waals surface area contributed by atoms with Gasteiger partial charge in [-0.25, -0.2) is 13.6 Å². The summed E-state index contributed by atoms with van der Waals surface area (Å²) < 4.78 is 27.4. The molecular weight excluding hydrogens is 306 g/mol. The Morgan fingerprint density at radius 3 is 2.59 bits per heavy atom. The zero-order valence-corrected chi connectivity index (χ0v) is 14.1. The Morgan fingerprint density at radius 1 is 1.32 bits per heavy atom. The molecule has 0 bridgehead atoms. The number of likely N-dealkylation sites (tertiary alicyclic amines) is 2. The highest BCUT2D eigenvalue weighted by molar-refractivity contribution is 7.89. The van der Waals surface area contributed by atoms with Crippen LogP contribution in [0.5, 0.6) is 0 Å². The van der Waals surface area contributed by atoms with E-state index in [-0.39, 0.29) is 23.6 Å². The first-order valence-electron chi connectivity index (χ1n) is 7.90. The van der Waals surface area contributed by atoms with Crippen LogP contribution in [0.1, 0.15) is 25.7 Å². The quantitative estimate of drug-likeness (QED) is 0.641. The lowest BCUT2D eigenvalue weighted by Gasteiger charge is -2.36. The van der Waals surface area contributed by atoms with Gasteiger partial charge >= 0.3 is 0 Å². The first-order valence-corrected chi connectivity index (χ1v) is 9.62. The van der Waals surface area contributed by atoms with E-state index in [0.717, 1.165) is 45.5 Å². The first-order chi connectivity index (χ1) is 10.4. The smallest absolute Gasteiger partial charge is 0.223 e. The summed E-state index contributed by atoms with van der Waals surface area (Å²) in [6.45, 7) is 4.31. The van der Waals surface area contributed by atoms with Crippen LogP contribution in [-0.2, 0) is 19.6 Å². The van der Waals surface area contributed by atoms with Gasteiger partial charge < -0.3 is 14.5 Å². The number of nitrogens with zero attached hydrogens (tertiary/aromatic N) is 2. The van der Waals surface area contributed by atoms with E-state index in [4.69, 9.17) is 9.88 Å². The minimum Gasteiger partial charge on any atom is -0.385 e. The van der Waals surface area contributed by atoms with E-state index in [1.54, 1.807) is 7.11 Å². The fourth-order valence-corrected chi connectivity index (χ4v) is 4.37. The molecule has 2 rings (SSSR count). The molecule has 1 atom stereocenters. The molecule has 0 aromatic carbocycles. The molecule has 2 heterocycles. The van der Waals surface area contributed by atoms with Crippen molar-refractivity contribution in [2.24, 2.45) is 11.1 Å². The summed E-state index contributed by atoms with van der Waals surface area (Å²) in [6.07, 6.45) is 3.26. The highest BCUT2D eigenvalue weighted by Crippen LogP contribution is 2.26. The molecule has 0 aromatic heterocycles. The summed E-state index contributed by atoms with van der Waals surface area (Å²) in [5.41, 5.74) is 0. The van der Waals surface area contributed by atoms with E-state index in [0.29, 0.717) is 13.0 Å². The maximum atomic E-state index is 12.1. The summed E-state index contributed by atoms with van der Waals surface area (Å²) in [5, 5.41) is 5.09. The summed E-state index contributed by atoms with van der Waals surface area (Å²) in [7, 11) is -1.79. The van der Waals surface area contributed by atoms with Crippen LogP contribution in [0.3, 0.4) is 0 Å². The maximum Gasteiger partial charge on any atom is 0.223 e. The van der Waals surface area contributed by atoms with E-state index in [2.05, 4.69) is 4.90 Å². The monoisotopic (exact) mass is 333 g/mol. The third-order valence-electron chi connectivity index (χ3n) is 4.53. The van der Waals surface area contributed by atoms with Gasteiger partial charge in [-0.15, -0.1) is 0 Å². The molecule has 0 spiro atoms. The number of methoxy groups -OCH3 is 1. The molecule has 2 aliphatic heterocycles. The Kier molecular flexibility index (Phi) is 6.19. The van der Waals surface area contributed by atoms with Gasteiger partial charge in [-0.3, -0.25) is 4.79 Å². The van der Waals surface area contributed by atoms with Crippen molar-refractivity contribution < 1.29 is 17.9 Å². The number of hydrogen-bond acceptors (Lipinski definition) is 5. The Hall–Kier alpha value is -0.700. The number of primary sulfonamides is 1. The molecule has 2 saturated heterocycles. The van der Waals surface area contributed by atoms with Crippen LogP contribution >= 0.6 is 0 Å². The molecule has 2 fully saturated rings. The number of rotatable bonds is 7. The standard InChI is InChI=1S/C14H27N3O4S/c1-21-8-2-5-16-6-3-13(4-7-16)17-10-12(9-14(17)18)11-22(15,19)20/h12-13H,2-11H2,1H3,(H2,15,19,20). The average Bonchev–Trinajstić information content (AvgIpc) is 2.78. The zero-order chi connectivity index (χ0) is 16.2. The van der Waals surface area contributed by atoms with Crippen molar-refractivity contribution in [1.29, 1.82) is 0 Å². The number of carbonyl (C=O) groups is 1. The van der Waals surface area contributed by atoms with E-state index in [1.165, 1.54) is 0 Å². The van der Waals surface area contributed by atoms with E-state index in [9.17, 15) is 13.2 Å². The largest absolute Gasteiger partial charge is 0.385 e. The fraction of sp³-hybridized carbons (Fsp3) is 0.929. The van der Waals surface area contributed by atoms with Gasteiger partial charge in [0.05, 0.1) is 5.75 Å². The second-order valence-corrected chi connectivity index (χ2v) is 8.02. The highest BCUT2D eigenvalue weighted by atomic mass is 32.2. The molecule has 2 aliphatic rings. The van der Waals surface area contributed by atoms with Crippen LogP contribution in [0.15, 0.2) is 0 Å². The molecule has 0 radical (unpaired) electrons. The molecule has 22 heavy (non-hydrogen) atoms. The number of amides is 1. The van der Waals surface area contributed by atoms with Crippen molar-refractivity contribution >= 4 is 15.9 Å². The van der Waals surface area contributed by atoms with E-state index < -0.39 is 10.0 Å².